The fraction of sp³-hybridized carbons (Fsp3) is 0.545. The third-order valence-corrected chi connectivity index (χ3v) is 2.73. The second-order valence-corrected chi connectivity index (χ2v) is 4.30. The van der Waals surface area contributed by atoms with Gasteiger partial charge in [-0.2, -0.15) is 0 Å². The van der Waals surface area contributed by atoms with E-state index in [9.17, 15) is 9.50 Å². The molecule has 0 atom stereocenters. The molecule has 0 aliphatic rings. The molecule has 1 aromatic heterocycles. The monoisotopic (exact) mass is 228 g/mol. The van der Waals surface area contributed by atoms with Crippen LogP contribution >= 0.6 is 0 Å². The maximum Gasteiger partial charge on any atom is 0.171 e. The lowest BCUT2D eigenvalue weighted by molar-refractivity contribution is 0.214. The van der Waals surface area contributed by atoms with Crippen LogP contribution in [0.2, 0.25) is 0 Å². The van der Waals surface area contributed by atoms with Gasteiger partial charge in [0.15, 0.2) is 11.6 Å². The Morgan fingerprint density at radius 1 is 1.44 bits per heavy atom. The van der Waals surface area contributed by atoms with E-state index in [0.29, 0.717) is 0 Å². The lowest BCUT2D eigenvalue weighted by Gasteiger charge is -2.35. The fourth-order valence-corrected chi connectivity index (χ4v) is 1.22. The highest BCUT2D eigenvalue weighted by molar-refractivity contribution is 5.44. The number of pyridine rings is 1. The van der Waals surface area contributed by atoms with Crippen molar-refractivity contribution < 1.29 is 14.6 Å². The van der Waals surface area contributed by atoms with E-state index in [4.69, 9.17) is 5.11 Å². The van der Waals surface area contributed by atoms with Crippen LogP contribution in [-0.4, -0.2) is 34.4 Å². The highest BCUT2D eigenvalue weighted by atomic mass is 19.1. The number of halogens is 1. The zero-order chi connectivity index (χ0) is 12.3. The maximum atomic E-state index is 13.8. The van der Waals surface area contributed by atoms with E-state index < -0.39 is 11.4 Å². The molecular formula is C11H17FN2O2. The van der Waals surface area contributed by atoms with E-state index in [1.54, 1.807) is 25.8 Å². The molecule has 4 nitrogen and oxygen atoms in total. The third-order valence-electron chi connectivity index (χ3n) is 2.73. The average molecular weight is 228 g/mol. The number of aliphatic hydroxyl groups excluding tert-OH is 2. The van der Waals surface area contributed by atoms with Crippen LogP contribution < -0.4 is 4.90 Å². The topological polar surface area (TPSA) is 56.6 Å². The summed E-state index contributed by atoms with van der Waals surface area (Å²) in [5.41, 5.74) is -0.410. The first-order valence-corrected chi connectivity index (χ1v) is 5.03. The Morgan fingerprint density at radius 2 is 2.06 bits per heavy atom. The normalized spacial score (nSPS) is 11.6. The van der Waals surface area contributed by atoms with Crippen molar-refractivity contribution in [3.63, 3.8) is 0 Å². The van der Waals surface area contributed by atoms with E-state index in [1.165, 1.54) is 12.3 Å². The molecule has 2 N–H and O–H groups in total. The second-order valence-electron chi connectivity index (χ2n) is 4.30. The van der Waals surface area contributed by atoms with Crippen molar-refractivity contribution >= 4 is 5.82 Å². The Labute approximate surface area is 94.4 Å². The van der Waals surface area contributed by atoms with Crippen LogP contribution in [0.15, 0.2) is 12.3 Å². The first-order chi connectivity index (χ1) is 7.44. The van der Waals surface area contributed by atoms with E-state index in [0.717, 1.165) is 0 Å². The minimum Gasteiger partial charge on any atom is -0.394 e. The quantitative estimate of drug-likeness (QED) is 0.804. The van der Waals surface area contributed by atoms with Gasteiger partial charge in [-0.3, -0.25) is 0 Å². The fourth-order valence-electron chi connectivity index (χ4n) is 1.22. The number of aromatic nitrogens is 1. The van der Waals surface area contributed by atoms with Gasteiger partial charge in [0.25, 0.3) is 0 Å². The molecule has 0 aromatic carbocycles. The zero-order valence-corrected chi connectivity index (χ0v) is 9.74. The van der Waals surface area contributed by atoms with Gasteiger partial charge < -0.3 is 15.1 Å². The Hall–Kier alpha value is -1.20. The summed E-state index contributed by atoms with van der Waals surface area (Å²) in [7, 11) is 1.66. The third kappa shape index (κ3) is 2.31. The summed E-state index contributed by atoms with van der Waals surface area (Å²) in [6.07, 6.45) is 1.44. The second kappa shape index (κ2) is 4.76. The van der Waals surface area contributed by atoms with Crippen LogP contribution in [-0.2, 0) is 6.61 Å². The van der Waals surface area contributed by atoms with Gasteiger partial charge in [0.05, 0.1) is 18.8 Å². The summed E-state index contributed by atoms with van der Waals surface area (Å²) in [5, 5.41) is 18.2. The molecular weight excluding hydrogens is 211 g/mol. The van der Waals surface area contributed by atoms with Crippen LogP contribution in [0.3, 0.4) is 0 Å². The predicted octanol–water partition coefficient (Wildman–Crippen LogP) is 0.920. The number of nitrogens with zero attached hydrogens (tertiary/aromatic N) is 2. The summed E-state index contributed by atoms with van der Waals surface area (Å²) >= 11 is 0. The molecule has 5 heteroatoms. The molecule has 0 aliphatic carbocycles. The van der Waals surface area contributed by atoms with Crippen LogP contribution in [0.1, 0.15) is 19.4 Å². The maximum absolute atomic E-state index is 13.8. The summed E-state index contributed by atoms with van der Waals surface area (Å²) in [6.45, 7) is 3.07. The van der Waals surface area contributed by atoms with Gasteiger partial charge in [-0.05, 0) is 19.9 Å². The van der Waals surface area contributed by atoms with Crippen LogP contribution in [0.5, 0.6) is 0 Å². The highest BCUT2D eigenvalue weighted by Gasteiger charge is 2.26. The van der Waals surface area contributed by atoms with Crippen molar-refractivity contribution in [2.45, 2.75) is 26.0 Å². The summed E-state index contributed by atoms with van der Waals surface area (Å²) < 4.78 is 13.8. The van der Waals surface area contributed by atoms with Crippen molar-refractivity contribution in [1.82, 2.24) is 4.98 Å². The smallest absolute Gasteiger partial charge is 0.171 e. The van der Waals surface area contributed by atoms with Gasteiger partial charge in [-0.1, -0.05) is 0 Å². The van der Waals surface area contributed by atoms with Crippen molar-refractivity contribution in [3.05, 3.63) is 23.6 Å². The SMILES string of the molecule is CN(c1nccc(CO)c1F)C(C)(C)CO. The molecule has 0 saturated carbocycles. The summed E-state index contributed by atoms with van der Waals surface area (Å²) in [6, 6.07) is 1.43. The van der Waals surface area contributed by atoms with E-state index in [1.807, 2.05) is 0 Å². The minimum absolute atomic E-state index is 0.117. The first kappa shape index (κ1) is 12.9. The van der Waals surface area contributed by atoms with E-state index in [-0.39, 0.29) is 24.6 Å². The van der Waals surface area contributed by atoms with Gasteiger partial charge in [-0.15, -0.1) is 0 Å². The number of anilines is 1. The molecule has 0 amide bonds. The Kier molecular flexibility index (Phi) is 3.83. The Bertz CT molecular complexity index is 369. The van der Waals surface area contributed by atoms with Crippen LogP contribution in [0.4, 0.5) is 10.2 Å². The van der Waals surface area contributed by atoms with Crippen molar-refractivity contribution in [3.8, 4) is 0 Å². The molecule has 1 rings (SSSR count). The van der Waals surface area contributed by atoms with Gasteiger partial charge in [0.1, 0.15) is 0 Å². The van der Waals surface area contributed by atoms with E-state index in [2.05, 4.69) is 4.98 Å². The largest absolute Gasteiger partial charge is 0.394 e. The molecule has 0 unspecified atom stereocenters. The Balaban J connectivity index is 3.14. The summed E-state index contributed by atoms with van der Waals surface area (Å²) in [5.74, 6) is -0.417. The first-order valence-electron chi connectivity index (χ1n) is 5.03. The standard InChI is InChI=1S/C11H17FN2O2/c1-11(2,7-16)14(3)10-9(12)8(6-15)4-5-13-10/h4-5,15-16H,6-7H2,1-3H3. The molecule has 0 fully saturated rings. The number of rotatable bonds is 4. The molecule has 0 bridgehead atoms. The van der Waals surface area contributed by atoms with Crippen LogP contribution in [0, 0.1) is 5.82 Å². The molecule has 0 radical (unpaired) electrons. The Morgan fingerprint density at radius 3 is 2.56 bits per heavy atom. The average Bonchev–Trinajstić information content (AvgIpc) is 2.28. The van der Waals surface area contributed by atoms with E-state index >= 15 is 0 Å². The highest BCUT2D eigenvalue weighted by Crippen LogP contribution is 2.24. The van der Waals surface area contributed by atoms with Crippen molar-refractivity contribution in [1.29, 1.82) is 0 Å². The number of hydrogen-bond donors (Lipinski definition) is 2. The van der Waals surface area contributed by atoms with Gasteiger partial charge in [0.2, 0.25) is 0 Å². The van der Waals surface area contributed by atoms with Crippen molar-refractivity contribution in [2.24, 2.45) is 0 Å². The molecule has 0 saturated heterocycles. The van der Waals surface area contributed by atoms with Crippen molar-refractivity contribution in [2.75, 3.05) is 18.6 Å². The van der Waals surface area contributed by atoms with Gasteiger partial charge in [-0.25, -0.2) is 9.37 Å². The summed E-state index contributed by atoms with van der Waals surface area (Å²) in [4.78, 5) is 5.49. The minimum atomic E-state index is -0.609. The molecule has 0 aliphatic heterocycles. The predicted molar refractivity (Wildman–Crippen MR) is 59.7 cm³/mol. The molecule has 90 valence electrons. The molecule has 1 aromatic rings. The van der Waals surface area contributed by atoms with Gasteiger partial charge in [0, 0.05) is 18.8 Å². The van der Waals surface area contributed by atoms with Crippen LogP contribution in [0.25, 0.3) is 0 Å². The number of likely N-dealkylation sites (N-methyl/N-ethyl adjacent to an activating group) is 1. The molecule has 0 spiro atoms. The molecule has 1 heterocycles. The lowest BCUT2D eigenvalue weighted by Crippen LogP contribution is -2.45. The molecule has 16 heavy (non-hydrogen) atoms. The van der Waals surface area contributed by atoms with Gasteiger partial charge >= 0.3 is 0 Å². The number of hydrogen-bond acceptors (Lipinski definition) is 4. The zero-order valence-electron chi connectivity index (χ0n) is 9.74. The number of aliphatic hydroxyl groups is 2. The lowest BCUT2D eigenvalue weighted by atomic mass is 10.0.